The molecule has 60 heavy (non-hydrogen) atoms. The van der Waals surface area contributed by atoms with Crippen LogP contribution in [0, 0.1) is 0 Å². The van der Waals surface area contributed by atoms with Crippen molar-refractivity contribution in [2.24, 2.45) is 5.73 Å². The Kier molecular flexibility index (Phi) is 22.3. The molecule has 0 bridgehead atoms. The summed E-state index contributed by atoms with van der Waals surface area (Å²) in [7, 11) is -1.77. The van der Waals surface area contributed by atoms with E-state index in [1.54, 1.807) is 48.5 Å². The van der Waals surface area contributed by atoms with E-state index in [0.717, 1.165) is 16.7 Å². The molecule has 1 heterocycles. The van der Waals surface area contributed by atoms with Crippen LogP contribution in [0.25, 0.3) is 0 Å². The van der Waals surface area contributed by atoms with E-state index in [-0.39, 0.29) is 49.8 Å². The van der Waals surface area contributed by atoms with E-state index in [1.807, 2.05) is 19.2 Å². The van der Waals surface area contributed by atoms with Crippen molar-refractivity contribution < 1.29 is 46.4 Å². The van der Waals surface area contributed by atoms with Crippen LogP contribution in [-0.4, -0.2) is 144 Å². The molecular formula is C40H57Cl2N7O10S. The molecule has 332 valence electrons. The maximum Gasteiger partial charge on any atom is 0.319 e. The lowest BCUT2D eigenvalue weighted by molar-refractivity contribution is 0.0165. The molecule has 0 spiro atoms. The average molecular weight is 899 g/mol. The normalized spacial score (nSPS) is 14.1. The molecule has 17 nitrogen and oxygen atoms in total. The van der Waals surface area contributed by atoms with Crippen LogP contribution in [0.3, 0.4) is 0 Å². The number of ether oxygens (including phenoxy) is 6. The number of anilines is 2. The maximum absolute atomic E-state index is 13.1. The number of halogens is 2. The van der Waals surface area contributed by atoms with Crippen molar-refractivity contribution in [2.75, 3.05) is 130 Å². The zero-order valence-corrected chi connectivity index (χ0v) is 36.2. The molecule has 0 saturated heterocycles. The highest BCUT2D eigenvalue weighted by Crippen LogP contribution is 2.38. The SMILES string of the molecule is CN1Cc2c(Cl)cc(Cl)cc2C(c2cccc(S(=O)(=O)NCCOCCOCCOCCNC(=O)Nc3ccc(NC(=O)NCCOCCOCCOCCN)cc3)c2)C1. The van der Waals surface area contributed by atoms with E-state index in [0.29, 0.717) is 107 Å². The second-order valence-electron chi connectivity index (χ2n) is 13.5. The van der Waals surface area contributed by atoms with E-state index in [2.05, 4.69) is 30.9 Å². The van der Waals surface area contributed by atoms with Crippen molar-refractivity contribution in [3.63, 3.8) is 0 Å². The Labute approximate surface area is 362 Å². The van der Waals surface area contributed by atoms with E-state index in [1.165, 1.54) is 0 Å². The number of likely N-dealkylation sites (N-methyl/N-ethyl adjacent to an activating group) is 1. The zero-order valence-electron chi connectivity index (χ0n) is 33.8. The summed E-state index contributed by atoms with van der Waals surface area (Å²) in [6, 6.07) is 16.5. The Morgan fingerprint density at radius 3 is 1.73 bits per heavy atom. The molecule has 0 radical (unpaired) electrons. The summed E-state index contributed by atoms with van der Waals surface area (Å²) in [6.07, 6.45) is 0. The second-order valence-corrected chi connectivity index (χ2v) is 16.1. The number of nitrogens with one attached hydrogen (secondary N) is 5. The summed E-state index contributed by atoms with van der Waals surface area (Å²) < 4.78 is 61.3. The van der Waals surface area contributed by atoms with Crippen LogP contribution in [-0.2, 0) is 45.0 Å². The standard InChI is InChI=1S/C40H57Cl2N7O10S/c1-49-28-36(35-26-31(41)27-38(42)37(35)29-49)30-3-2-4-34(25-30)60(52,53)46-12-16-57-20-24-59-23-19-56-15-11-45-40(51)48-33-7-5-32(6-8-33)47-39(50)44-10-14-55-18-22-58-21-17-54-13-9-43/h2-8,25-27,36,46H,9-24,28-29,43H2,1H3,(H2,44,47,50)(H2,45,48,51). The van der Waals surface area contributed by atoms with Gasteiger partial charge in [-0.25, -0.2) is 22.7 Å². The summed E-state index contributed by atoms with van der Waals surface area (Å²) in [5.74, 6) is -0.0833. The summed E-state index contributed by atoms with van der Waals surface area (Å²) in [4.78, 5) is 26.7. The third-order valence-corrected chi connectivity index (χ3v) is 10.8. The smallest absolute Gasteiger partial charge is 0.319 e. The molecule has 0 aromatic heterocycles. The summed E-state index contributed by atoms with van der Waals surface area (Å²) in [5, 5.41) is 12.0. The Bertz CT molecular complexity index is 1860. The quantitative estimate of drug-likeness (QED) is 0.0574. The molecule has 3 aromatic carbocycles. The van der Waals surface area contributed by atoms with Gasteiger partial charge in [0.1, 0.15) is 0 Å². The van der Waals surface area contributed by atoms with Crippen molar-refractivity contribution >= 4 is 56.7 Å². The number of amides is 4. The number of rotatable bonds is 28. The van der Waals surface area contributed by atoms with Crippen molar-refractivity contribution in [1.29, 1.82) is 0 Å². The third kappa shape index (κ3) is 18.2. The minimum atomic E-state index is -3.77. The van der Waals surface area contributed by atoms with Gasteiger partial charge in [-0.05, 0) is 72.3 Å². The number of carbonyl (C=O) groups is 2. The first-order valence-corrected chi connectivity index (χ1v) is 21.9. The molecule has 7 N–H and O–H groups in total. The fourth-order valence-corrected chi connectivity index (χ4v) is 7.63. The Balaban J connectivity index is 0.973. The Hall–Kier alpha value is -3.63. The molecule has 1 unspecified atom stereocenters. The van der Waals surface area contributed by atoms with E-state index >= 15 is 0 Å². The highest BCUT2D eigenvalue weighted by Gasteiger charge is 2.28. The molecule has 0 fully saturated rings. The highest BCUT2D eigenvalue weighted by atomic mass is 35.5. The first-order chi connectivity index (χ1) is 29.1. The number of sulfonamides is 1. The predicted molar refractivity (Wildman–Crippen MR) is 231 cm³/mol. The van der Waals surface area contributed by atoms with Gasteiger partial charge in [-0.2, -0.15) is 0 Å². The van der Waals surface area contributed by atoms with E-state index in [4.69, 9.17) is 57.4 Å². The first kappa shape index (κ1) is 49.0. The van der Waals surface area contributed by atoms with Crippen LogP contribution in [0.4, 0.5) is 21.0 Å². The lowest BCUT2D eigenvalue weighted by atomic mass is 9.85. The molecule has 0 saturated carbocycles. The van der Waals surface area contributed by atoms with Gasteiger partial charge in [0.25, 0.3) is 0 Å². The van der Waals surface area contributed by atoms with E-state index < -0.39 is 16.1 Å². The number of nitrogens with zero attached hydrogens (tertiary/aromatic N) is 1. The first-order valence-electron chi connectivity index (χ1n) is 19.7. The molecule has 1 atom stereocenters. The van der Waals surface area contributed by atoms with Gasteiger partial charge in [-0.1, -0.05) is 35.3 Å². The van der Waals surface area contributed by atoms with Crippen molar-refractivity contribution in [3.8, 4) is 0 Å². The van der Waals surface area contributed by atoms with Crippen molar-refractivity contribution in [3.05, 3.63) is 87.4 Å². The molecule has 4 rings (SSSR count). The van der Waals surface area contributed by atoms with Gasteiger partial charge < -0.3 is 60.3 Å². The van der Waals surface area contributed by atoms with Crippen LogP contribution in [0.15, 0.2) is 65.6 Å². The Morgan fingerprint density at radius 2 is 1.20 bits per heavy atom. The molecular weight excluding hydrogens is 841 g/mol. The molecule has 4 amide bonds. The maximum atomic E-state index is 13.1. The number of nitrogens with two attached hydrogens (primary N) is 1. The average Bonchev–Trinajstić information content (AvgIpc) is 3.22. The van der Waals surface area contributed by atoms with Gasteiger partial charge in [-0.15, -0.1) is 0 Å². The van der Waals surface area contributed by atoms with E-state index in [9.17, 15) is 18.0 Å². The second kappa shape index (κ2) is 27.3. The van der Waals surface area contributed by atoms with Crippen molar-refractivity contribution in [2.45, 2.75) is 17.4 Å². The number of urea groups is 2. The van der Waals surface area contributed by atoms with Gasteiger partial charge in [0, 0.05) is 66.6 Å². The van der Waals surface area contributed by atoms with Crippen LogP contribution < -0.4 is 31.7 Å². The summed E-state index contributed by atoms with van der Waals surface area (Å²) >= 11 is 12.8. The lowest BCUT2D eigenvalue weighted by Gasteiger charge is -2.33. The molecule has 20 heteroatoms. The summed E-state index contributed by atoms with van der Waals surface area (Å²) in [5.41, 5.74) is 9.30. The number of fused-ring (bicyclic) bond motifs is 1. The minimum absolute atomic E-state index is 0.0833. The van der Waals surface area contributed by atoms with Crippen LogP contribution in [0.1, 0.15) is 22.6 Å². The van der Waals surface area contributed by atoms with Crippen LogP contribution in [0.5, 0.6) is 0 Å². The molecule has 1 aliphatic heterocycles. The summed E-state index contributed by atoms with van der Waals surface area (Å²) in [6.45, 7) is 6.92. The fourth-order valence-electron chi connectivity index (χ4n) is 5.99. The van der Waals surface area contributed by atoms with Gasteiger partial charge in [0.15, 0.2) is 0 Å². The van der Waals surface area contributed by atoms with Crippen LogP contribution in [0.2, 0.25) is 10.0 Å². The lowest BCUT2D eigenvalue weighted by Crippen LogP contribution is -2.32. The van der Waals surface area contributed by atoms with Crippen molar-refractivity contribution in [1.82, 2.24) is 20.3 Å². The fraction of sp³-hybridized carbons (Fsp3) is 0.500. The van der Waals surface area contributed by atoms with Gasteiger partial charge >= 0.3 is 12.1 Å². The molecule has 0 aliphatic carbocycles. The van der Waals surface area contributed by atoms with Gasteiger partial charge in [-0.3, -0.25) is 0 Å². The number of carbonyl (C=O) groups excluding carboxylic acids is 2. The third-order valence-electron chi connectivity index (χ3n) is 8.82. The number of hydrogen-bond donors (Lipinski definition) is 6. The van der Waals surface area contributed by atoms with Gasteiger partial charge in [0.2, 0.25) is 10.0 Å². The minimum Gasteiger partial charge on any atom is -0.378 e. The van der Waals surface area contributed by atoms with Gasteiger partial charge in [0.05, 0.1) is 84.2 Å². The molecule has 3 aromatic rings. The van der Waals surface area contributed by atoms with Crippen LogP contribution >= 0.6 is 23.2 Å². The Morgan fingerprint density at radius 1 is 0.700 bits per heavy atom. The molecule has 1 aliphatic rings. The highest BCUT2D eigenvalue weighted by molar-refractivity contribution is 7.89. The largest absolute Gasteiger partial charge is 0.378 e. The number of hydrogen-bond acceptors (Lipinski definition) is 12. The number of benzene rings is 3. The topological polar surface area (TPSA) is 213 Å². The monoisotopic (exact) mass is 897 g/mol. The zero-order chi connectivity index (χ0) is 43.0. The predicted octanol–water partition coefficient (Wildman–Crippen LogP) is 3.85.